The van der Waals surface area contributed by atoms with Gasteiger partial charge in [0.25, 0.3) is 11.8 Å². The minimum absolute atomic E-state index is 0.199. The Balaban J connectivity index is 1.59. The van der Waals surface area contributed by atoms with Crippen LogP contribution in [0.15, 0.2) is 80.9 Å². The van der Waals surface area contributed by atoms with Gasteiger partial charge in [-0.3, -0.25) is 19.9 Å². The zero-order valence-electron chi connectivity index (χ0n) is 15.3. The molecule has 8 heteroatoms. The molecular weight excluding hydrogens is 390 g/mol. The topological polar surface area (TPSA) is 92.5 Å². The van der Waals surface area contributed by atoms with E-state index < -0.39 is 17.8 Å². The van der Waals surface area contributed by atoms with Crippen molar-refractivity contribution in [1.29, 1.82) is 0 Å². The van der Waals surface area contributed by atoms with Crippen molar-refractivity contribution in [2.75, 3.05) is 4.90 Å². The van der Waals surface area contributed by atoms with E-state index in [0.29, 0.717) is 10.9 Å². The number of barbiturate groups is 1. The zero-order chi connectivity index (χ0) is 20.4. The third kappa shape index (κ3) is 3.97. The van der Waals surface area contributed by atoms with E-state index >= 15 is 0 Å². The molecule has 3 aromatic rings. The van der Waals surface area contributed by atoms with E-state index in [2.05, 4.69) is 10.3 Å². The third-order valence-electron chi connectivity index (χ3n) is 4.13. The van der Waals surface area contributed by atoms with Gasteiger partial charge in [0, 0.05) is 11.1 Å². The number of amides is 4. The highest BCUT2D eigenvalue weighted by Gasteiger charge is 2.37. The minimum Gasteiger partial charge on any atom is -0.450 e. The summed E-state index contributed by atoms with van der Waals surface area (Å²) in [6.07, 6.45) is 4.22. The summed E-state index contributed by atoms with van der Waals surface area (Å²) in [6, 6.07) is 13.7. The Morgan fingerprint density at radius 1 is 1.07 bits per heavy atom. The average Bonchev–Trinajstić information content (AvgIpc) is 3.15. The smallest absolute Gasteiger partial charge is 0.336 e. The van der Waals surface area contributed by atoms with Crippen molar-refractivity contribution in [2.45, 2.75) is 16.9 Å². The van der Waals surface area contributed by atoms with Crippen LogP contribution in [0.3, 0.4) is 0 Å². The van der Waals surface area contributed by atoms with Crippen LogP contribution in [0.2, 0.25) is 0 Å². The molecule has 1 aromatic carbocycles. The van der Waals surface area contributed by atoms with Gasteiger partial charge in [-0.2, -0.15) is 0 Å². The largest absolute Gasteiger partial charge is 0.450 e. The Bertz CT molecular complexity index is 1120. The second-order valence-electron chi connectivity index (χ2n) is 6.24. The van der Waals surface area contributed by atoms with E-state index in [9.17, 15) is 14.4 Å². The van der Waals surface area contributed by atoms with Gasteiger partial charge in [-0.1, -0.05) is 29.5 Å². The summed E-state index contributed by atoms with van der Waals surface area (Å²) in [6.45, 7) is 2.01. The molecule has 1 fully saturated rings. The Labute approximate surface area is 170 Å². The molecule has 2 aromatic heterocycles. The number of carbonyl (C=O) groups excluding carboxylic acids is 3. The maximum atomic E-state index is 12.8. The van der Waals surface area contributed by atoms with Gasteiger partial charge in [0.15, 0.2) is 5.09 Å². The first-order valence-corrected chi connectivity index (χ1v) is 9.49. The fraction of sp³-hybridized carbons (Fsp3) is 0.0476. The number of aromatic nitrogens is 1. The summed E-state index contributed by atoms with van der Waals surface area (Å²) in [7, 11) is 0. The Morgan fingerprint density at radius 3 is 2.59 bits per heavy atom. The van der Waals surface area contributed by atoms with Crippen LogP contribution >= 0.6 is 11.8 Å². The van der Waals surface area contributed by atoms with Crippen LogP contribution < -0.4 is 10.2 Å². The standard InChI is InChI=1S/C21H15N3O4S/c1-13-4-7-16(8-5-13)29-18-9-6-15(28-18)11-17-19(25)23-21(27)24(20(17)26)14-3-2-10-22-12-14/h2-12H,1H3,(H,23,25,27)/b17-11+. The van der Waals surface area contributed by atoms with Crippen molar-refractivity contribution in [3.05, 3.63) is 77.8 Å². The minimum atomic E-state index is -0.819. The van der Waals surface area contributed by atoms with E-state index in [0.717, 1.165) is 15.4 Å². The van der Waals surface area contributed by atoms with Crippen molar-refractivity contribution in [2.24, 2.45) is 0 Å². The van der Waals surface area contributed by atoms with Gasteiger partial charge < -0.3 is 4.42 Å². The number of nitrogens with one attached hydrogen (secondary N) is 1. The number of hydrogen-bond acceptors (Lipinski definition) is 6. The van der Waals surface area contributed by atoms with Crippen LogP contribution in [0.1, 0.15) is 11.3 Å². The molecule has 1 aliphatic heterocycles. The number of benzene rings is 1. The predicted octanol–water partition coefficient (Wildman–Crippen LogP) is 3.80. The van der Waals surface area contributed by atoms with Crippen molar-refractivity contribution in [3.8, 4) is 0 Å². The highest BCUT2D eigenvalue weighted by Crippen LogP contribution is 2.30. The second kappa shape index (κ2) is 7.76. The fourth-order valence-electron chi connectivity index (χ4n) is 2.71. The van der Waals surface area contributed by atoms with Crippen LogP contribution in [0.5, 0.6) is 0 Å². The molecule has 144 valence electrons. The molecule has 4 rings (SSSR count). The number of imide groups is 2. The molecule has 7 nitrogen and oxygen atoms in total. The maximum absolute atomic E-state index is 12.8. The lowest BCUT2D eigenvalue weighted by molar-refractivity contribution is -0.122. The molecular formula is C21H15N3O4S. The van der Waals surface area contributed by atoms with Crippen LogP contribution in [0.25, 0.3) is 6.08 Å². The molecule has 4 amide bonds. The Kier molecular flexibility index (Phi) is 5.01. The summed E-state index contributed by atoms with van der Waals surface area (Å²) in [5.74, 6) is -1.18. The monoisotopic (exact) mass is 405 g/mol. The molecule has 1 N–H and O–H groups in total. The molecule has 0 atom stereocenters. The van der Waals surface area contributed by atoms with Crippen molar-refractivity contribution < 1.29 is 18.8 Å². The van der Waals surface area contributed by atoms with Crippen LogP contribution in [-0.4, -0.2) is 22.8 Å². The predicted molar refractivity (Wildman–Crippen MR) is 107 cm³/mol. The van der Waals surface area contributed by atoms with E-state index in [-0.39, 0.29) is 11.3 Å². The van der Waals surface area contributed by atoms with Crippen molar-refractivity contribution in [1.82, 2.24) is 10.3 Å². The average molecular weight is 405 g/mol. The maximum Gasteiger partial charge on any atom is 0.336 e. The number of pyridine rings is 1. The number of urea groups is 1. The van der Waals surface area contributed by atoms with Gasteiger partial charge in [-0.25, -0.2) is 9.69 Å². The zero-order valence-corrected chi connectivity index (χ0v) is 16.1. The van der Waals surface area contributed by atoms with Crippen LogP contribution in [0.4, 0.5) is 10.5 Å². The molecule has 0 bridgehead atoms. The second-order valence-corrected chi connectivity index (χ2v) is 7.32. The number of carbonyl (C=O) groups is 3. The van der Waals surface area contributed by atoms with E-state index in [1.807, 2.05) is 31.2 Å². The molecule has 0 radical (unpaired) electrons. The Hall–Kier alpha value is -3.65. The lowest BCUT2D eigenvalue weighted by Crippen LogP contribution is -2.54. The quantitative estimate of drug-likeness (QED) is 0.524. The number of rotatable bonds is 4. The summed E-state index contributed by atoms with van der Waals surface area (Å²) >= 11 is 1.42. The number of furan rings is 1. The Morgan fingerprint density at radius 2 is 1.86 bits per heavy atom. The summed E-state index contributed by atoms with van der Waals surface area (Å²) in [4.78, 5) is 42.9. The normalized spacial score (nSPS) is 15.7. The number of nitrogens with zero attached hydrogens (tertiary/aromatic N) is 2. The molecule has 1 saturated heterocycles. The molecule has 0 aliphatic carbocycles. The fourth-order valence-corrected chi connectivity index (χ4v) is 3.49. The molecule has 1 aliphatic rings. The van der Waals surface area contributed by atoms with Gasteiger partial charge in [0.1, 0.15) is 11.3 Å². The SMILES string of the molecule is Cc1ccc(Sc2ccc(/C=C3\C(=O)NC(=O)N(c4cccnc4)C3=O)o2)cc1. The molecule has 0 saturated carbocycles. The number of aryl methyl sites for hydroxylation is 1. The molecule has 0 spiro atoms. The number of hydrogen-bond donors (Lipinski definition) is 1. The highest BCUT2D eigenvalue weighted by atomic mass is 32.2. The third-order valence-corrected chi connectivity index (χ3v) is 5.06. The van der Waals surface area contributed by atoms with Crippen LogP contribution in [-0.2, 0) is 9.59 Å². The van der Waals surface area contributed by atoms with E-state index in [1.54, 1.807) is 24.3 Å². The van der Waals surface area contributed by atoms with Gasteiger partial charge in [-0.15, -0.1) is 0 Å². The van der Waals surface area contributed by atoms with Crippen molar-refractivity contribution >= 4 is 41.4 Å². The van der Waals surface area contributed by atoms with Crippen LogP contribution in [0, 0.1) is 6.92 Å². The molecule has 29 heavy (non-hydrogen) atoms. The van der Waals surface area contributed by atoms with Crippen molar-refractivity contribution in [3.63, 3.8) is 0 Å². The summed E-state index contributed by atoms with van der Waals surface area (Å²) in [5.41, 5.74) is 1.23. The lowest BCUT2D eigenvalue weighted by atomic mass is 10.1. The van der Waals surface area contributed by atoms with Gasteiger partial charge >= 0.3 is 6.03 Å². The first kappa shape index (κ1) is 18.7. The number of anilines is 1. The van der Waals surface area contributed by atoms with E-state index in [4.69, 9.17) is 4.42 Å². The molecule has 3 heterocycles. The summed E-state index contributed by atoms with van der Waals surface area (Å²) in [5, 5.41) is 2.78. The highest BCUT2D eigenvalue weighted by molar-refractivity contribution is 7.99. The first-order valence-electron chi connectivity index (χ1n) is 8.67. The van der Waals surface area contributed by atoms with E-state index in [1.165, 1.54) is 30.2 Å². The summed E-state index contributed by atoms with van der Waals surface area (Å²) < 4.78 is 5.72. The van der Waals surface area contributed by atoms with Gasteiger partial charge in [0.2, 0.25) is 0 Å². The first-order chi connectivity index (χ1) is 14.0. The van der Waals surface area contributed by atoms with Gasteiger partial charge in [0.05, 0.1) is 11.9 Å². The van der Waals surface area contributed by atoms with Gasteiger partial charge in [-0.05, 0) is 49.4 Å². The molecule has 0 unspecified atom stereocenters. The lowest BCUT2D eigenvalue weighted by Gasteiger charge is -2.25.